The number of carbonyl (C=O) groups excluding carboxylic acids is 15. The number of nitrogens with zero attached hydrogens (tertiary/aromatic N) is 7. The van der Waals surface area contributed by atoms with Gasteiger partial charge in [-0.1, -0.05) is 62.3 Å². The highest BCUT2D eigenvalue weighted by atomic mass is 32.2. The highest BCUT2D eigenvalue weighted by Crippen LogP contribution is 2.14. The summed E-state index contributed by atoms with van der Waals surface area (Å²) in [5.41, 5.74) is 0. The van der Waals surface area contributed by atoms with Crippen molar-refractivity contribution in [3.05, 3.63) is 0 Å². The molecule has 0 atom stereocenters. The number of hydrogen-bond acceptors (Lipinski definition) is 16. The van der Waals surface area contributed by atoms with E-state index in [1.807, 2.05) is 6.92 Å². The van der Waals surface area contributed by atoms with Crippen molar-refractivity contribution in [3.63, 3.8) is 0 Å². The van der Waals surface area contributed by atoms with Crippen LogP contribution in [0.15, 0.2) is 0 Å². The topological polar surface area (TPSA) is 279 Å². The van der Waals surface area contributed by atoms with Gasteiger partial charge in [-0.25, -0.2) is 0 Å². The van der Waals surface area contributed by atoms with Gasteiger partial charge in [-0.05, 0) is 5.75 Å². The normalized spacial score (nSPS) is 10.8. The summed E-state index contributed by atoms with van der Waals surface area (Å²) in [6.07, 6.45) is 1.14. The van der Waals surface area contributed by atoms with Crippen molar-refractivity contribution in [2.45, 2.75) is 210 Å². The van der Waals surface area contributed by atoms with Gasteiger partial charge in [-0.3, -0.25) is 71.9 Å². The smallest absolute Gasteiger partial charge is 0.224 e. The molecule has 0 saturated heterocycles. The van der Waals surface area contributed by atoms with Crippen LogP contribution in [0.4, 0.5) is 0 Å². The van der Waals surface area contributed by atoms with E-state index in [2.05, 4.69) is 0 Å². The van der Waals surface area contributed by atoms with E-state index in [0.717, 1.165) is 0 Å². The quantitative estimate of drug-likeness (QED) is 0.0611. The van der Waals surface area contributed by atoms with Crippen LogP contribution in [-0.2, 0) is 71.9 Å². The first kappa shape index (κ1) is 80.0. The molecule has 0 aromatic carbocycles. The number of thioether (sulfide) groups is 1. The molecule has 0 spiro atoms. The lowest BCUT2D eigenvalue weighted by Crippen LogP contribution is -2.44. The Morgan fingerprint density at radius 1 is 0.198 bits per heavy atom. The molecule has 0 bridgehead atoms. The van der Waals surface area contributed by atoms with Gasteiger partial charge in [0.05, 0.1) is 0 Å². The molecule has 0 aromatic rings. The maximum absolute atomic E-state index is 14.5. The lowest BCUT2D eigenvalue weighted by molar-refractivity contribution is -0.138. The number of hydrogen-bond donors (Lipinski definition) is 0. The SMILES string of the molecule is CCSCCC(=O)N(CCC(=O)N(CCC(=O)N(CCC(=O)CC)CCC(=O)CC)CCC(=O)N(CCC(=O)CC)CCC(=O)CC)CCC(=O)N(CCC(=O)N(CCC(=O)CC)CCC(=O)CC)CCC(=O)N(CCC(=O)CC)CCC(=O)CC. The summed E-state index contributed by atoms with van der Waals surface area (Å²) < 4.78 is 0. The molecule has 0 saturated carbocycles. The third-order valence-electron chi connectivity index (χ3n) is 15.1. The highest BCUT2D eigenvalue weighted by Gasteiger charge is 2.27. The zero-order valence-electron chi connectivity index (χ0n) is 53.7. The first-order valence-corrected chi connectivity index (χ1v) is 32.8. The fraction of sp³-hybridized carbons (Fsp3) is 0.762. The van der Waals surface area contributed by atoms with Crippen LogP contribution in [0.2, 0.25) is 0 Å². The number of carbonyl (C=O) groups is 15. The Morgan fingerprint density at radius 2 is 0.326 bits per heavy atom. The Labute approximate surface area is 516 Å². The van der Waals surface area contributed by atoms with E-state index in [1.54, 1.807) is 55.4 Å². The predicted molar refractivity (Wildman–Crippen MR) is 331 cm³/mol. The molecule has 0 aliphatic carbocycles. The highest BCUT2D eigenvalue weighted by molar-refractivity contribution is 7.99. The van der Waals surface area contributed by atoms with Crippen LogP contribution in [0.3, 0.4) is 0 Å². The molecule has 0 heterocycles. The molecule has 0 aliphatic heterocycles. The molecule has 488 valence electrons. The van der Waals surface area contributed by atoms with Gasteiger partial charge in [0.25, 0.3) is 0 Å². The van der Waals surface area contributed by atoms with E-state index in [-0.39, 0.29) is 291 Å². The maximum atomic E-state index is 14.5. The van der Waals surface area contributed by atoms with Crippen LogP contribution < -0.4 is 0 Å². The Balaban J connectivity index is 7.21. The minimum Gasteiger partial charge on any atom is -0.342 e. The minimum atomic E-state index is -0.532. The van der Waals surface area contributed by atoms with Gasteiger partial charge in [-0.15, -0.1) is 0 Å². The predicted octanol–water partition coefficient (Wildman–Crippen LogP) is 6.22. The lowest BCUT2D eigenvalue weighted by Gasteiger charge is -2.30. The summed E-state index contributed by atoms with van der Waals surface area (Å²) in [4.78, 5) is 207. The third-order valence-corrected chi connectivity index (χ3v) is 16.0. The first-order valence-electron chi connectivity index (χ1n) is 31.6. The van der Waals surface area contributed by atoms with Gasteiger partial charge in [0, 0.05) is 245 Å². The van der Waals surface area contributed by atoms with Crippen molar-refractivity contribution < 1.29 is 71.9 Å². The van der Waals surface area contributed by atoms with E-state index in [9.17, 15) is 71.9 Å². The summed E-state index contributed by atoms with van der Waals surface area (Å²) in [6.45, 7) is 15.0. The summed E-state index contributed by atoms with van der Waals surface area (Å²) >= 11 is 1.52. The molecular formula is C63H105N7O15S. The Hall–Kier alpha value is -6.00. The Morgan fingerprint density at radius 3 is 0.453 bits per heavy atom. The van der Waals surface area contributed by atoms with Gasteiger partial charge in [0.1, 0.15) is 46.3 Å². The second-order valence-electron chi connectivity index (χ2n) is 21.3. The molecule has 0 fully saturated rings. The summed E-state index contributed by atoms with van der Waals surface area (Å²) in [6, 6.07) is 0. The zero-order valence-corrected chi connectivity index (χ0v) is 54.6. The molecule has 7 amide bonds. The van der Waals surface area contributed by atoms with Crippen molar-refractivity contribution in [2.24, 2.45) is 0 Å². The fourth-order valence-corrected chi connectivity index (χ4v) is 9.42. The van der Waals surface area contributed by atoms with E-state index >= 15 is 0 Å². The number of rotatable bonds is 54. The van der Waals surface area contributed by atoms with Crippen LogP contribution in [0.5, 0.6) is 0 Å². The van der Waals surface area contributed by atoms with Crippen molar-refractivity contribution >= 4 is 99.4 Å². The molecule has 0 unspecified atom stereocenters. The van der Waals surface area contributed by atoms with Gasteiger partial charge < -0.3 is 34.3 Å². The molecule has 0 radical (unpaired) electrons. The first-order chi connectivity index (χ1) is 41.0. The zero-order chi connectivity index (χ0) is 65.0. The van der Waals surface area contributed by atoms with Crippen LogP contribution in [-0.4, -0.2) is 225 Å². The van der Waals surface area contributed by atoms with Gasteiger partial charge in [0.15, 0.2) is 0 Å². The molecule has 23 heteroatoms. The average Bonchev–Trinajstić information content (AvgIpc) is 3.72. The third kappa shape index (κ3) is 36.2. The monoisotopic (exact) mass is 1230 g/mol. The van der Waals surface area contributed by atoms with Crippen molar-refractivity contribution in [1.82, 2.24) is 34.3 Å². The van der Waals surface area contributed by atoms with E-state index in [4.69, 9.17) is 0 Å². The molecule has 22 nitrogen and oxygen atoms in total. The number of ketones is 8. The molecule has 0 N–H and O–H groups in total. The average molecular weight is 1230 g/mol. The maximum Gasteiger partial charge on any atom is 0.224 e. The Kier molecular flexibility index (Phi) is 44.7. The van der Waals surface area contributed by atoms with E-state index in [0.29, 0.717) is 11.5 Å². The van der Waals surface area contributed by atoms with Crippen molar-refractivity contribution in [2.75, 3.05) is 103 Å². The van der Waals surface area contributed by atoms with Crippen LogP contribution >= 0.6 is 11.8 Å². The van der Waals surface area contributed by atoms with Crippen molar-refractivity contribution in [1.29, 1.82) is 0 Å². The molecule has 86 heavy (non-hydrogen) atoms. The minimum absolute atomic E-state index is 0.0575. The largest absolute Gasteiger partial charge is 0.342 e. The van der Waals surface area contributed by atoms with E-state index < -0.39 is 35.4 Å². The number of amides is 7. The lowest BCUT2D eigenvalue weighted by atomic mass is 10.1. The van der Waals surface area contributed by atoms with E-state index in [1.165, 1.54) is 46.1 Å². The fourth-order valence-electron chi connectivity index (χ4n) is 8.81. The van der Waals surface area contributed by atoms with Crippen LogP contribution in [0, 0.1) is 0 Å². The second-order valence-corrected chi connectivity index (χ2v) is 22.6. The van der Waals surface area contributed by atoms with Gasteiger partial charge in [-0.2, -0.15) is 11.8 Å². The van der Waals surface area contributed by atoms with Crippen LogP contribution in [0.1, 0.15) is 210 Å². The molecule has 0 rings (SSSR count). The van der Waals surface area contributed by atoms with Crippen molar-refractivity contribution in [3.8, 4) is 0 Å². The summed E-state index contributed by atoms with van der Waals surface area (Å²) in [5.74, 6) is -2.59. The molecule has 0 aromatic heterocycles. The number of Topliss-reactive ketones (excluding diaryl/α,β-unsaturated/α-hetero) is 8. The second kappa shape index (κ2) is 48.1. The van der Waals surface area contributed by atoms with Gasteiger partial charge >= 0.3 is 0 Å². The molecule has 0 aliphatic rings. The summed E-state index contributed by atoms with van der Waals surface area (Å²) in [5, 5.41) is 0. The van der Waals surface area contributed by atoms with Gasteiger partial charge in [0.2, 0.25) is 41.4 Å². The van der Waals surface area contributed by atoms with Crippen LogP contribution in [0.25, 0.3) is 0 Å². The Bertz CT molecular complexity index is 1880. The summed E-state index contributed by atoms with van der Waals surface area (Å²) in [7, 11) is 0. The standard InChI is InChI=1S/C63H105N7O15S/c1-10-49(71)19-34-64(35-20-50(72)11-2)57(79)27-42-68(43-28-58(80)65(36-21-51(73)12-3)37-22-52(74)13-4)61(83)31-46-70(63(85)33-48-86-18-9)47-32-62(84)69(44-29-59(81)66(38-23-53(75)14-5)39-24-54(76)15-6)45-30-60(82)67(40-25-55(77)16-7)41-26-56(78)17-8/h10-48H2,1-9H3. The molecular weight excluding hydrogens is 1130 g/mol.